The first kappa shape index (κ1) is 15.9. The van der Waals surface area contributed by atoms with Crippen molar-refractivity contribution in [1.82, 2.24) is 9.78 Å². The summed E-state index contributed by atoms with van der Waals surface area (Å²) in [6, 6.07) is 7.17. The average molecular weight is 373 g/mol. The highest BCUT2D eigenvalue weighted by Gasteiger charge is 2.06. The molecule has 0 radical (unpaired) electrons. The minimum Gasteiger partial charge on any atom is -0.492 e. The Morgan fingerprint density at radius 2 is 2.29 bits per heavy atom. The molecule has 1 N–H and O–H groups in total. The van der Waals surface area contributed by atoms with E-state index in [1.807, 2.05) is 6.07 Å². The van der Waals surface area contributed by atoms with E-state index in [4.69, 9.17) is 16.3 Å². The molecular weight excluding hydrogens is 358 g/mol. The van der Waals surface area contributed by atoms with Gasteiger partial charge in [-0.15, -0.1) is 0 Å². The van der Waals surface area contributed by atoms with Crippen molar-refractivity contribution in [3.05, 3.63) is 40.0 Å². The minimum absolute atomic E-state index is 0.0656. The van der Waals surface area contributed by atoms with Gasteiger partial charge in [-0.25, -0.2) is 0 Å². The number of ether oxygens (including phenoxy) is 1. The third kappa shape index (κ3) is 4.75. The van der Waals surface area contributed by atoms with Crippen molar-refractivity contribution in [1.29, 1.82) is 0 Å². The van der Waals surface area contributed by atoms with Crippen molar-refractivity contribution in [2.24, 2.45) is 7.05 Å². The van der Waals surface area contributed by atoms with Crippen molar-refractivity contribution in [3.8, 4) is 5.75 Å². The van der Waals surface area contributed by atoms with Crippen molar-refractivity contribution in [2.45, 2.75) is 12.8 Å². The van der Waals surface area contributed by atoms with Gasteiger partial charge in [-0.05, 0) is 24.6 Å². The van der Waals surface area contributed by atoms with E-state index >= 15 is 0 Å². The Bertz CT molecular complexity index is 630. The molecule has 0 saturated carbocycles. The molecule has 0 aliphatic rings. The molecule has 112 valence electrons. The van der Waals surface area contributed by atoms with Gasteiger partial charge in [-0.1, -0.05) is 27.5 Å². The lowest BCUT2D eigenvalue weighted by Gasteiger charge is -2.08. The summed E-state index contributed by atoms with van der Waals surface area (Å²) in [6.07, 6.45) is 2.61. The first-order chi connectivity index (χ1) is 10.1. The Labute approximate surface area is 136 Å². The van der Waals surface area contributed by atoms with Crippen LogP contribution in [0.1, 0.15) is 12.8 Å². The Morgan fingerprint density at radius 1 is 1.48 bits per heavy atom. The Balaban J connectivity index is 1.72. The molecule has 1 amide bonds. The van der Waals surface area contributed by atoms with Crippen LogP contribution in [0.15, 0.2) is 34.9 Å². The summed E-state index contributed by atoms with van der Waals surface area (Å²) in [4.78, 5) is 11.7. The van der Waals surface area contributed by atoms with E-state index in [0.29, 0.717) is 36.0 Å². The van der Waals surface area contributed by atoms with Crippen LogP contribution in [0.4, 0.5) is 5.82 Å². The number of carbonyl (C=O) groups excluding carboxylic acids is 1. The fourth-order valence-electron chi connectivity index (χ4n) is 1.71. The lowest BCUT2D eigenvalue weighted by Crippen LogP contribution is -2.15. The van der Waals surface area contributed by atoms with Gasteiger partial charge in [0.25, 0.3) is 0 Å². The van der Waals surface area contributed by atoms with Gasteiger partial charge < -0.3 is 10.1 Å². The number of halogens is 2. The molecule has 0 bridgehead atoms. The number of aryl methyl sites for hydroxylation is 1. The monoisotopic (exact) mass is 371 g/mol. The van der Waals surface area contributed by atoms with Crippen LogP contribution in [0.2, 0.25) is 5.02 Å². The molecule has 2 aromatic rings. The third-order valence-corrected chi connectivity index (χ3v) is 3.58. The van der Waals surface area contributed by atoms with E-state index in [9.17, 15) is 4.79 Å². The van der Waals surface area contributed by atoms with Gasteiger partial charge in [0.15, 0.2) is 0 Å². The second kappa shape index (κ2) is 7.47. The smallest absolute Gasteiger partial charge is 0.225 e. The van der Waals surface area contributed by atoms with Crippen LogP contribution in [-0.2, 0) is 11.8 Å². The highest BCUT2D eigenvalue weighted by Crippen LogP contribution is 2.27. The quantitative estimate of drug-likeness (QED) is 0.788. The number of rotatable bonds is 6. The van der Waals surface area contributed by atoms with Gasteiger partial charge in [0.1, 0.15) is 11.6 Å². The summed E-state index contributed by atoms with van der Waals surface area (Å²) in [6.45, 7) is 0.431. The van der Waals surface area contributed by atoms with Crippen LogP contribution >= 0.6 is 27.5 Å². The SMILES string of the molecule is Cn1nccc1NC(=O)CCCOc1ccc(Br)cc1Cl. The molecule has 0 atom stereocenters. The number of hydrogen-bond donors (Lipinski definition) is 1. The molecule has 1 aromatic carbocycles. The zero-order chi connectivity index (χ0) is 15.2. The van der Waals surface area contributed by atoms with Gasteiger partial charge in [-0.2, -0.15) is 5.10 Å². The molecule has 1 aromatic heterocycles. The molecular formula is C14H15BrClN3O2. The largest absolute Gasteiger partial charge is 0.492 e. The molecule has 0 unspecified atom stereocenters. The molecule has 21 heavy (non-hydrogen) atoms. The molecule has 5 nitrogen and oxygen atoms in total. The average Bonchev–Trinajstić information content (AvgIpc) is 2.82. The zero-order valence-electron chi connectivity index (χ0n) is 11.5. The summed E-state index contributed by atoms with van der Waals surface area (Å²) < 4.78 is 8.06. The van der Waals surface area contributed by atoms with Crippen LogP contribution in [-0.4, -0.2) is 22.3 Å². The summed E-state index contributed by atoms with van der Waals surface area (Å²) >= 11 is 9.37. The van der Waals surface area contributed by atoms with Crippen molar-refractivity contribution in [3.63, 3.8) is 0 Å². The number of aromatic nitrogens is 2. The van der Waals surface area contributed by atoms with Gasteiger partial charge in [0.2, 0.25) is 5.91 Å². The van der Waals surface area contributed by atoms with E-state index in [1.165, 1.54) is 0 Å². The molecule has 7 heteroatoms. The van der Waals surface area contributed by atoms with Crippen LogP contribution in [0.25, 0.3) is 0 Å². The number of benzene rings is 1. The number of hydrogen-bond acceptors (Lipinski definition) is 3. The van der Waals surface area contributed by atoms with E-state index in [-0.39, 0.29) is 5.91 Å². The highest BCUT2D eigenvalue weighted by atomic mass is 79.9. The molecule has 0 saturated heterocycles. The second-order valence-electron chi connectivity index (χ2n) is 4.41. The van der Waals surface area contributed by atoms with Gasteiger partial charge in [-0.3, -0.25) is 9.48 Å². The summed E-state index contributed by atoms with van der Waals surface area (Å²) in [5.74, 6) is 1.23. The zero-order valence-corrected chi connectivity index (χ0v) is 13.8. The molecule has 0 fully saturated rings. The third-order valence-electron chi connectivity index (χ3n) is 2.79. The maximum atomic E-state index is 11.7. The fourth-order valence-corrected chi connectivity index (χ4v) is 2.44. The van der Waals surface area contributed by atoms with E-state index < -0.39 is 0 Å². The predicted octanol–water partition coefficient (Wildman–Crippen LogP) is 3.63. The maximum Gasteiger partial charge on any atom is 0.225 e. The van der Waals surface area contributed by atoms with Gasteiger partial charge in [0.05, 0.1) is 17.8 Å². The topological polar surface area (TPSA) is 56.2 Å². The Kier molecular flexibility index (Phi) is 5.64. The molecule has 0 aliphatic heterocycles. The standard InChI is InChI=1S/C14H15BrClN3O2/c1-19-13(6-7-17-19)18-14(20)3-2-8-21-12-5-4-10(15)9-11(12)16/h4-7,9H,2-3,8H2,1H3,(H,18,20). The predicted molar refractivity (Wildman–Crippen MR) is 85.7 cm³/mol. The number of carbonyl (C=O) groups is 1. The van der Waals surface area contributed by atoms with Gasteiger partial charge >= 0.3 is 0 Å². The van der Waals surface area contributed by atoms with Crippen molar-refractivity contribution < 1.29 is 9.53 Å². The fraction of sp³-hybridized carbons (Fsp3) is 0.286. The van der Waals surface area contributed by atoms with Crippen LogP contribution in [0, 0.1) is 0 Å². The summed E-state index contributed by atoms with van der Waals surface area (Å²) in [7, 11) is 1.77. The van der Waals surface area contributed by atoms with Crippen LogP contribution in [0.5, 0.6) is 5.75 Å². The maximum absolute atomic E-state index is 11.7. The van der Waals surface area contributed by atoms with Crippen LogP contribution in [0.3, 0.4) is 0 Å². The van der Waals surface area contributed by atoms with E-state index in [0.717, 1.165) is 4.47 Å². The van der Waals surface area contributed by atoms with Crippen molar-refractivity contribution in [2.75, 3.05) is 11.9 Å². The lowest BCUT2D eigenvalue weighted by atomic mass is 10.3. The molecule has 1 heterocycles. The first-order valence-electron chi connectivity index (χ1n) is 6.42. The number of anilines is 1. The second-order valence-corrected chi connectivity index (χ2v) is 5.74. The number of amides is 1. The van der Waals surface area contributed by atoms with E-state index in [2.05, 4.69) is 26.3 Å². The first-order valence-corrected chi connectivity index (χ1v) is 7.59. The lowest BCUT2D eigenvalue weighted by molar-refractivity contribution is -0.116. The number of nitrogens with zero attached hydrogens (tertiary/aromatic N) is 2. The number of nitrogens with one attached hydrogen (secondary N) is 1. The normalized spacial score (nSPS) is 10.4. The summed E-state index contributed by atoms with van der Waals surface area (Å²) in [5.41, 5.74) is 0. The highest BCUT2D eigenvalue weighted by molar-refractivity contribution is 9.10. The Hall–Kier alpha value is -1.53. The minimum atomic E-state index is -0.0656. The Morgan fingerprint density at radius 3 is 2.95 bits per heavy atom. The summed E-state index contributed by atoms with van der Waals surface area (Å²) in [5, 5.41) is 7.31. The van der Waals surface area contributed by atoms with E-state index in [1.54, 1.807) is 36.1 Å². The molecule has 2 rings (SSSR count). The van der Waals surface area contributed by atoms with Gasteiger partial charge in [0, 0.05) is 24.0 Å². The van der Waals surface area contributed by atoms with Crippen molar-refractivity contribution >= 4 is 39.3 Å². The molecule has 0 spiro atoms. The molecule has 0 aliphatic carbocycles. The van der Waals surface area contributed by atoms with Crippen LogP contribution < -0.4 is 10.1 Å².